The van der Waals surface area contributed by atoms with Crippen molar-refractivity contribution in [1.29, 1.82) is 0 Å². The van der Waals surface area contributed by atoms with Crippen LogP contribution in [0, 0.1) is 5.82 Å². The zero-order valence-corrected chi connectivity index (χ0v) is 11.6. The number of hydrogen-bond acceptors (Lipinski definition) is 2. The maximum atomic E-state index is 12.9. The van der Waals surface area contributed by atoms with Gasteiger partial charge in [-0.1, -0.05) is 24.3 Å². The highest BCUT2D eigenvalue weighted by Crippen LogP contribution is 2.28. The summed E-state index contributed by atoms with van der Waals surface area (Å²) >= 11 is 0. The molecule has 0 amide bonds. The van der Waals surface area contributed by atoms with Gasteiger partial charge in [-0.05, 0) is 48.7 Å². The van der Waals surface area contributed by atoms with E-state index in [0.717, 1.165) is 23.2 Å². The molecule has 2 rings (SSSR count). The number of rotatable bonds is 5. The molecule has 0 heterocycles. The molecule has 2 nitrogen and oxygen atoms in total. The Morgan fingerprint density at radius 3 is 2.50 bits per heavy atom. The molecule has 0 aliphatic heterocycles. The van der Waals surface area contributed by atoms with Gasteiger partial charge in [0.2, 0.25) is 0 Å². The molecule has 0 bridgehead atoms. The van der Waals surface area contributed by atoms with Crippen molar-refractivity contribution >= 4 is 6.29 Å². The van der Waals surface area contributed by atoms with E-state index in [0.29, 0.717) is 6.42 Å². The largest absolute Gasteiger partial charge is 0.497 e. The van der Waals surface area contributed by atoms with Crippen LogP contribution in [0.15, 0.2) is 48.5 Å². The molecule has 0 aliphatic rings. The van der Waals surface area contributed by atoms with Crippen LogP contribution < -0.4 is 4.74 Å². The van der Waals surface area contributed by atoms with E-state index in [1.807, 2.05) is 31.2 Å². The summed E-state index contributed by atoms with van der Waals surface area (Å²) in [4.78, 5) is 11.6. The van der Waals surface area contributed by atoms with E-state index in [2.05, 4.69) is 0 Å². The van der Waals surface area contributed by atoms with E-state index in [1.165, 1.54) is 12.1 Å². The zero-order valence-electron chi connectivity index (χ0n) is 11.6. The first kappa shape index (κ1) is 14.3. The number of hydrogen-bond donors (Lipinski definition) is 0. The van der Waals surface area contributed by atoms with Crippen molar-refractivity contribution in [3.05, 3.63) is 65.5 Å². The molecular weight excluding hydrogens is 255 g/mol. The number of ether oxygens (including phenoxy) is 1. The topological polar surface area (TPSA) is 26.3 Å². The van der Waals surface area contributed by atoms with Crippen molar-refractivity contribution in [3.63, 3.8) is 0 Å². The molecule has 0 spiro atoms. The lowest BCUT2D eigenvalue weighted by Crippen LogP contribution is -2.26. The third-order valence-electron chi connectivity index (χ3n) is 3.47. The Kier molecular flexibility index (Phi) is 4.18. The first-order valence-corrected chi connectivity index (χ1v) is 6.43. The lowest BCUT2D eigenvalue weighted by molar-refractivity contribution is -0.112. The summed E-state index contributed by atoms with van der Waals surface area (Å²) in [6.45, 7) is 1.87. The number of aldehydes is 1. The first-order chi connectivity index (χ1) is 9.57. The van der Waals surface area contributed by atoms with Gasteiger partial charge in [-0.2, -0.15) is 0 Å². The van der Waals surface area contributed by atoms with Gasteiger partial charge in [0.15, 0.2) is 0 Å². The van der Waals surface area contributed by atoms with Gasteiger partial charge < -0.3 is 9.53 Å². The molecule has 2 aromatic carbocycles. The summed E-state index contributed by atoms with van der Waals surface area (Å²) < 4.78 is 18.1. The Bertz CT molecular complexity index is 592. The molecule has 0 aliphatic carbocycles. The zero-order chi connectivity index (χ0) is 14.6. The molecule has 104 valence electrons. The van der Waals surface area contributed by atoms with E-state index in [4.69, 9.17) is 4.74 Å². The molecule has 0 aromatic heterocycles. The Balaban J connectivity index is 2.32. The van der Waals surface area contributed by atoms with Crippen molar-refractivity contribution in [1.82, 2.24) is 0 Å². The highest BCUT2D eigenvalue weighted by Gasteiger charge is 2.27. The molecule has 0 saturated heterocycles. The second kappa shape index (κ2) is 5.87. The van der Waals surface area contributed by atoms with Gasteiger partial charge >= 0.3 is 0 Å². The minimum atomic E-state index is -0.660. The van der Waals surface area contributed by atoms with Crippen LogP contribution in [0.5, 0.6) is 5.75 Å². The third kappa shape index (κ3) is 3.05. The van der Waals surface area contributed by atoms with Gasteiger partial charge in [0.1, 0.15) is 17.9 Å². The average Bonchev–Trinajstić information content (AvgIpc) is 2.49. The maximum absolute atomic E-state index is 12.9. The van der Waals surface area contributed by atoms with E-state index in [-0.39, 0.29) is 5.82 Å². The Morgan fingerprint density at radius 1 is 1.20 bits per heavy atom. The van der Waals surface area contributed by atoms with Crippen LogP contribution in [0.2, 0.25) is 0 Å². The van der Waals surface area contributed by atoms with Crippen LogP contribution in [0.4, 0.5) is 4.39 Å². The highest BCUT2D eigenvalue weighted by atomic mass is 19.1. The third-order valence-corrected chi connectivity index (χ3v) is 3.47. The Morgan fingerprint density at radius 2 is 1.90 bits per heavy atom. The lowest BCUT2D eigenvalue weighted by atomic mass is 9.78. The summed E-state index contributed by atoms with van der Waals surface area (Å²) in [5.74, 6) is 0.442. The minimum Gasteiger partial charge on any atom is -0.497 e. The van der Waals surface area contributed by atoms with Gasteiger partial charge in [-0.3, -0.25) is 0 Å². The first-order valence-electron chi connectivity index (χ1n) is 6.43. The molecule has 1 atom stereocenters. The highest BCUT2D eigenvalue weighted by molar-refractivity contribution is 5.69. The Hall–Kier alpha value is -2.16. The van der Waals surface area contributed by atoms with Crippen LogP contribution in [0.1, 0.15) is 18.1 Å². The SMILES string of the molecule is COc1cccc(C(C)(C=O)Cc2ccc(F)cc2)c1. The Labute approximate surface area is 118 Å². The van der Waals surface area contributed by atoms with Crippen LogP contribution in [-0.4, -0.2) is 13.4 Å². The molecule has 0 N–H and O–H groups in total. The van der Waals surface area contributed by atoms with Crippen molar-refractivity contribution in [3.8, 4) is 5.75 Å². The fraction of sp³-hybridized carbons (Fsp3) is 0.235. The van der Waals surface area contributed by atoms with Crippen LogP contribution >= 0.6 is 0 Å². The van der Waals surface area contributed by atoms with E-state index >= 15 is 0 Å². The summed E-state index contributed by atoms with van der Waals surface area (Å²) in [5, 5.41) is 0. The number of methoxy groups -OCH3 is 1. The van der Waals surface area contributed by atoms with Gasteiger partial charge in [0.05, 0.1) is 12.5 Å². The molecule has 20 heavy (non-hydrogen) atoms. The number of carbonyl (C=O) groups is 1. The lowest BCUT2D eigenvalue weighted by Gasteiger charge is -2.24. The van der Waals surface area contributed by atoms with Gasteiger partial charge in [0, 0.05) is 0 Å². The van der Waals surface area contributed by atoms with Gasteiger partial charge in [0.25, 0.3) is 0 Å². The van der Waals surface area contributed by atoms with Crippen molar-refractivity contribution < 1.29 is 13.9 Å². The molecule has 2 aromatic rings. The minimum absolute atomic E-state index is 0.275. The number of halogens is 1. The standard InChI is InChI=1S/C17H17FO2/c1-17(12-19,11-13-6-8-15(18)9-7-13)14-4-3-5-16(10-14)20-2/h3-10,12H,11H2,1-2H3. The average molecular weight is 272 g/mol. The van der Waals surface area contributed by atoms with Crippen molar-refractivity contribution in [2.45, 2.75) is 18.8 Å². The molecule has 0 saturated carbocycles. The summed E-state index contributed by atoms with van der Waals surface area (Å²) in [6, 6.07) is 13.7. The molecule has 0 radical (unpaired) electrons. The van der Waals surface area contributed by atoms with E-state index < -0.39 is 5.41 Å². The number of benzene rings is 2. The predicted octanol–water partition coefficient (Wildman–Crippen LogP) is 3.53. The van der Waals surface area contributed by atoms with Crippen LogP contribution in [0.3, 0.4) is 0 Å². The second-order valence-electron chi connectivity index (χ2n) is 5.07. The van der Waals surface area contributed by atoms with Crippen molar-refractivity contribution in [2.75, 3.05) is 7.11 Å². The summed E-state index contributed by atoms with van der Waals surface area (Å²) in [7, 11) is 1.59. The quantitative estimate of drug-likeness (QED) is 0.778. The van der Waals surface area contributed by atoms with E-state index in [1.54, 1.807) is 19.2 Å². The van der Waals surface area contributed by atoms with Gasteiger partial charge in [-0.25, -0.2) is 4.39 Å². The summed E-state index contributed by atoms with van der Waals surface area (Å²) in [5.41, 5.74) is 1.15. The predicted molar refractivity (Wildman–Crippen MR) is 76.5 cm³/mol. The monoisotopic (exact) mass is 272 g/mol. The second-order valence-corrected chi connectivity index (χ2v) is 5.07. The molecule has 3 heteroatoms. The normalized spacial score (nSPS) is 13.6. The van der Waals surface area contributed by atoms with Gasteiger partial charge in [-0.15, -0.1) is 0 Å². The maximum Gasteiger partial charge on any atom is 0.130 e. The van der Waals surface area contributed by atoms with Crippen molar-refractivity contribution in [2.24, 2.45) is 0 Å². The van der Waals surface area contributed by atoms with Crippen LogP contribution in [-0.2, 0) is 16.6 Å². The van der Waals surface area contributed by atoms with Crippen LogP contribution in [0.25, 0.3) is 0 Å². The fourth-order valence-corrected chi connectivity index (χ4v) is 2.22. The smallest absolute Gasteiger partial charge is 0.130 e. The molecule has 0 fully saturated rings. The number of carbonyl (C=O) groups excluding carboxylic acids is 1. The molecule has 1 unspecified atom stereocenters. The molecular formula is C17H17FO2. The van der Waals surface area contributed by atoms with E-state index in [9.17, 15) is 9.18 Å². The summed E-state index contributed by atoms with van der Waals surface area (Å²) in [6.07, 6.45) is 1.45. The fourth-order valence-electron chi connectivity index (χ4n) is 2.22.